The van der Waals surface area contributed by atoms with Crippen LogP contribution in [0.5, 0.6) is 0 Å². The summed E-state index contributed by atoms with van der Waals surface area (Å²) in [6, 6.07) is 8.14. The second-order valence-corrected chi connectivity index (χ2v) is 4.38. The van der Waals surface area contributed by atoms with E-state index in [2.05, 4.69) is 36.9 Å². The summed E-state index contributed by atoms with van der Waals surface area (Å²) in [6.07, 6.45) is 6.99. The number of aromatic nitrogens is 3. The Hall–Kier alpha value is -1.81. The van der Waals surface area contributed by atoms with Crippen molar-refractivity contribution in [2.75, 3.05) is 0 Å². The average molecular weight is 286 g/mol. The molecule has 4 heteroatoms. The SMILES string of the molecule is Brc1ncncc1-c1cccc2ccncc12. The van der Waals surface area contributed by atoms with Gasteiger partial charge in [-0.2, -0.15) is 0 Å². The Kier molecular flexibility index (Phi) is 2.57. The molecule has 3 nitrogen and oxygen atoms in total. The molecule has 0 spiro atoms. The molecule has 0 amide bonds. The molecule has 0 N–H and O–H groups in total. The molecular formula is C13H8BrN3. The van der Waals surface area contributed by atoms with E-state index in [-0.39, 0.29) is 0 Å². The number of hydrogen-bond donors (Lipinski definition) is 0. The summed E-state index contributed by atoms with van der Waals surface area (Å²) in [5, 5.41) is 2.26. The van der Waals surface area contributed by atoms with Gasteiger partial charge in [-0.05, 0) is 32.9 Å². The van der Waals surface area contributed by atoms with Crippen LogP contribution in [0.1, 0.15) is 0 Å². The quantitative estimate of drug-likeness (QED) is 0.643. The van der Waals surface area contributed by atoms with Crippen molar-refractivity contribution < 1.29 is 0 Å². The predicted octanol–water partition coefficient (Wildman–Crippen LogP) is 3.45. The molecule has 3 aromatic rings. The highest BCUT2D eigenvalue weighted by Gasteiger charge is 2.07. The lowest BCUT2D eigenvalue weighted by atomic mass is 10.0. The van der Waals surface area contributed by atoms with Crippen LogP contribution in [0.15, 0.2) is 53.8 Å². The van der Waals surface area contributed by atoms with Crippen LogP contribution in [0, 0.1) is 0 Å². The molecule has 17 heavy (non-hydrogen) atoms. The van der Waals surface area contributed by atoms with Crippen molar-refractivity contribution in [2.45, 2.75) is 0 Å². The van der Waals surface area contributed by atoms with Crippen LogP contribution < -0.4 is 0 Å². The van der Waals surface area contributed by atoms with Crippen molar-refractivity contribution in [3.8, 4) is 11.1 Å². The molecular weight excluding hydrogens is 278 g/mol. The molecule has 2 heterocycles. The van der Waals surface area contributed by atoms with Crippen LogP contribution in [-0.2, 0) is 0 Å². The molecule has 0 unspecified atom stereocenters. The number of halogens is 1. The summed E-state index contributed by atoms with van der Waals surface area (Å²) >= 11 is 3.45. The highest BCUT2D eigenvalue weighted by molar-refractivity contribution is 9.10. The molecule has 0 fully saturated rings. The van der Waals surface area contributed by atoms with Crippen LogP contribution >= 0.6 is 15.9 Å². The summed E-state index contributed by atoms with van der Waals surface area (Å²) in [6.45, 7) is 0. The lowest BCUT2D eigenvalue weighted by molar-refractivity contribution is 1.14. The van der Waals surface area contributed by atoms with Gasteiger partial charge in [0.05, 0.1) is 0 Å². The van der Waals surface area contributed by atoms with Crippen molar-refractivity contribution in [3.05, 3.63) is 53.8 Å². The lowest BCUT2D eigenvalue weighted by Crippen LogP contribution is -1.87. The minimum Gasteiger partial charge on any atom is -0.264 e. The minimum absolute atomic E-state index is 0.795. The van der Waals surface area contributed by atoms with Gasteiger partial charge in [-0.3, -0.25) is 4.98 Å². The topological polar surface area (TPSA) is 38.7 Å². The van der Waals surface area contributed by atoms with E-state index in [1.165, 1.54) is 6.33 Å². The molecule has 1 aromatic carbocycles. The Labute approximate surface area is 107 Å². The molecule has 0 radical (unpaired) electrons. The normalized spacial score (nSPS) is 10.6. The molecule has 0 atom stereocenters. The summed E-state index contributed by atoms with van der Waals surface area (Å²) in [5.74, 6) is 0. The van der Waals surface area contributed by atoms with Gasteiger partial charge >= 0.3 is 0 Å². The van der Waals surface area contributed by atoms with Crippen molar-refractivity contribution in [1.29, 1.82) is 0 Å². The van der Waals surface area contributed by atoms with Gasteiger partial charge in [-0.15, -0.1) is 0 Å². The monoisotopic (exact) mass is 285 g/mol. The van der Waals surface area contributed by atoms with E-state index in [0.717, 1.165) is 26.5 Å². The number of nitrogens with zero attached hydrogens (tertiary/aromatic N) is 3. The smallest absolute Gasteiger partial charge is 0.117 e. The van der Waals surface area contributed by atoms with Gasteiger partial charge in [0.1, 0.15) is 10.9 Å². The van der Waals surface area contributed by atoms with E-state index in [9.17, 15) is 0 Å². The van der Waals surface area contributed by atoms with Crippen LogP contribution in [0.2, 0.25) is 0 Å². The number of benzene rings is 1. The zero-order valence-electron chi connectivity index (χ0n) is 8.84. The third kappa shape index (κ3) is 1.80. The first-order valence-electron chi connectivity index (χ1n) is 5.15. The van der Waals surface area contributed by atoms with Gasteiger partial charge in [0.15, 0.2) is 0 Å². The highest BCUT2D eigenvalue weighted by atomic mass is 79.9. The average Bonchev–Trinajstić information content (AvgIpc) is 2.39. The number of hydrogen-bond acceptors (Lipinski definition) is 3. The van der Waals surface area contributed by atoms with E-state index in [1.807, 2.05) is 24.4 Å². The first-order valence-corrected chi connectivity index (χ1v) is 5.94. The van der Waals surface area contributed by atoms with Crippen LogP contribution in [-0.4, -0.2) is 15.0 Å². The summed E-state index contributed by atoms with van der Waals surface area (Å²) < 4.78 is 0.795. The Morgan fingerprint density at radius 2 is 1.88 bits per heavy atom. The van der Waals surface area contributed by atoms with Gasteiger partial charge in [0, 0.05) is 29.5 Å². The van der Waals surface area contributed by atoms with E-state index in [4.69, 9.17) is 0 Å². The standard InChI is InChI=1S/C13H8BrN3/c14-13-12(7-16-8-17-13)10-3-1-2-9-4-5-15-6-11(9)10/h1-8H. The Morgan fingerprint density at radius 1 is 0.941 bits per heavy atom. The van der Waals surface area contributed by atoms with Gasteiger partial charge in [0.2, 0.25) is 0 Å². The van der Waals surface area contributed by atoms with Crippen molar-refractivity contribution >= 4 is 26.7 Å². The Morgan fingerprint density at radius 3 is 2.76 bits per heavy atom. The fraction of sp³-hybridized carbons (Fsp3) is 0. The Balaban J connectivity index is 2.35. The molecule has 0 saturated heterocycles. The fourth-order valence-corrected chi connectivity index (χ4v) is 2.25. The second-order valence-electron chi connectivity index (χ2n) is 3.63. The lowest BCUT2D eigenvalue weighted by Gasteiger charge is -2.06. The van der Waals surface area contributed by atoms with E-state index in [1.54, 1.807) is 12.4 Å². The van der Waals surface area contributed by atoms with E-state index >= 15 is 0 Å². The molecule has 0 aliphatic rings. The first kappa shape index (κ1) is 10.4. The van der Waals surface area contributed by atoms with E-state index < -0.39 is 0 Å². The molecule has 0 aliphatic carbocycles. The largest absolute Gasteiger partial charge is 0.264 e. The van der Waals surface area contributed by atoms with Crippen molar-refractivity contribution in [1.82, 2.24) is 15.0 Å². The third-order valence-corrected chi connectivity index (χ3v) is 3.27. The first-order chi connectivity index (χ1) is 8.36. The van der Waals surface area contributed by atoms with E-state index in [0.29, 0.717) is 0 Å². The maximum absolute atomic E-state index is 4.17. The molecule has 3 rings (SSSR count). The van der Waals surface area contributed by atoms with Crippen LogP contribution in [0.25, 0.3) is 21.9 Å². The van der Waals surface area contributed by atoms with Gasteiger partial charge in [-0.25, -0.2) is 9.97 Å². The van der Waals surface area contributed by atoms with Gasteiger partial charge < -0.3 is 0 Å². The predicted molar refractivity (Wildman–Crippen MR) is 70.5 cm³/mol. The maximum Gasteiger partial charge on any atom is 0.117 e. The van der Waals surface area contributed by atoms with Gasteiger partial charge in [0.25, 0.3) is 0 Å². The van der Waals surface area contributed by atoms with Crippen molar-refractivity contribution in [3.63, 3.8) is 0 Å². The molecule has 0 saturated carbocycles. The van der Waals surface area contributed by atoms with Crippen LogP contribution in [0.4, 0.5) is 0 Å². The van der Waals surface area contributed by atoms with Gasteiger partial charge in [-0.1, -0.05) is 18.2 Å². The fourth-order valence-electron chi connectivity index (χ4n) is 1.84. The minimum atomic E-state index is 0.795. The second kappa shape index (κ2) is 4.22. The van der Waals surface area contributed by atoms with Crippen molar-refractivity contribution in [2.24, 2.45) is 0 Å². The summed E-state index contributed by atoms with van der Waals surface area (Å²) in [5.41, 5.74) is 2.06. The highest BCUT2D eigenvalue weighted by Crippen LogP contribution is 2.31. The number of pyridine rings is 1. The molecule has 2 aromatic heterocycles. The molecule has 82 valence electrons. The summed E-state index contributed by atoms with van der Waals surface area (Å²) in [4.78, 5) is 12.4. The Bertz CT molecular complexity index is 677. The zero-order valence-corrected chi connectivity index (χ0v) is 10.4. The third-order valence-electron chi connectivity index (χ3n) is 2.64. The number of rotatable bonds is 1. The number of fused-ring (bicyclic) bond motifs is 1. The molecule has 0 bridgehead atoms. The summed E-state index contributed by atoms with van der Waals surface area (Å²) in [7, 11) is 0. The zero-order chi connectivity index (χ0) is 11.7. The maximum atomic E-state index is 4.17. The molecule has 0 aliphatic heterocycles. The van der Waals surface area contributed by atoms with Crippen LogP contribution in [0.3, 0.4) is 0 Å².